The van der Waals surface area contributed by atoms with E-state index >= 15 is 0 Å². The molecule has 4 heteroatoms. The van der Waals surface area contributed by atoms with Crippen molar-refractivity contribution in [3.8, 4) is 5.75 Å². The maximum absolute atomic E-state index is 10.1. The van der Waals surface area contributed by atoms with Gasteiger partial charge in [-0.1, -0.05) is 41.9 Å². The van der Waals surface area contributed by atoms with Crippen LogP contribution >= 0.6 is 11.6 Å². The molecule has 0 aliphatic rings. The Balaban J connectivity index is 2.09. The first-order chi connectivity index (χ1) is 9.61. The normalized spacial score (nSPS) is 12.0. The van der Waals surface area contributed by atoms with E-state index in [2.05, 4.69) is 5.32 Å². The van der Waals surface area contributed by atoms with Crippen LogP contribution in [0.15, 0.2) is 42.5 Å². The third-order valence-electron chi connectivity index (χ3n) is 3.15. The van der Waals surface area contributed by atoms with Gasteiger partial charge in [0.05, 0.1) is 18.9 Å². The average Bonchev–Trinajstić information content (AvgIpc) is 2.48. The highest BCUT2D eigenvalue weighted by molar-refractivity contribution is 6.31. The Kier molecular flexibility index (Phi) is 4.88. The lowest BCUT2D eigenvalue weighted by Crippen LogP contribution is -2.12. The van der Waals surface area contributed by atoms with E-state index in [4.69, 9.17) is 16.3 Å². The second kappa shape index (κ2) is 6.64. The van der Waals surface area contributed by atoms with Gasteiger partial charge in [-0.3, -0.25) is 0 Å². The number of aryl methyl sites for hydroxylation is 1. The summed E-state index contributed by atoms with van der Waals surface area (Å²) in [7, 11) is 1.60. The highest BCUT2D eigenvalue weighted by atomic mass is 35.5. The van der Waals surface area contributed by atoms with Crippen LogP contribution in [0.2, 0.25) is 5.02 Å². The van der Waals surface area contributed by atoms with Crippen molar-refractivity contribution in [3.05, 3.63) is 58.6 Å². The summed E-state index contributed by atoms with van der Waals surface area (Å²) in [5, 5.41) is 14.0. The number of rotatable bonds is 5. The van der Waals surface area contributed by atoms with Crippen LogP contribution in [0.3, 0.4) is 0 Å². The quantitative estimate of drug-likeness (QED) is 0.880. The van der Waals surface area contributed by atoms with Crippen LogP contribution < -0.4 is 10.1 Å². The van der Waals surface area contributed by atoms with Gasteiger partial charge in [-0.2, -0.15) is 0 Å². The fraction of sp³-hybridized carbons (Fsp3) is 0.250. The molecule has 1 unspecified atom stereocenters. The van der Waals surface area contributed by atoms with Gasteiger partial charge >= 0.3 is 0 Å². The van der Waals surface area contributed by atoms with E-state index in [1.165, 1.54) is 0 Å². The number of aliphatic hydroxyl groups is 1. The van der Waals surface area contributed by atoms with Gasteiger partial charge in [0.2, 0.25) is 0 Å². The molecule has 0 saturated heterocycles. The van der Waals surface area contributed by atoms with E-state index in [0.717, 1.165) is 16.8 Å². The summed E-state index contributed by atoms with van der Waals surface area (Å²) < 4.78 is 5.29. The van der Waals surface area contributed by atoms with Crippen molar-refractivity contribution < 1.29 is 9.84 Å². The summed E-state index contributed by atoms with van der Waals surface area (Å²) >= 11 is 6.07. The third kappa shape index (κ3) is 3.44. The minimum atomic E-state index is -0.572. The first-order valence-electron chi connectivity index (χ1n) is 6.43. The minimum absolute atomic E-state index is 0.404. The fourth-order valence-electron chi connectivity index (χ4n) is 1.97. The van der Waals surface area contributed by atoms with Gasteiger partial charge in [-0.25, -0.2) is 0 Å². The van der Waals surface area contributed by atoms with Crippen LogP contribution in [0.4, 0.5) is 5.69 Å². The lowest BCUT2D eigenvalue weighted by molar-refractivity contribution is 0.191. The van der Waals surface area contributed by atoms with E-state index in [-0.39, 0.29) is 0 Å². The lowest BCUT2D eigenvalue weighted by atomic mass is 10.1. The molecule has 2 N–H and O–H groups in total. The number of ether oxygens (including phenoxy) is 1. The summed E-state index contributed by atoms with van der Waals surface area (Å²) in [4.78, 5) is 0. The molecule has 106 valence electrons. The van der Waals surface area contributed by atoms with E-state index in [9.17, 15) is 5.11 Å². The van der Waals surface area contributed by atoms with Crippen LogP contribution in [-0.4, -0.2) is 18.8 Å². The standard InChI is InChI=1S/C16H18ClNO2/c1-11-8-14(16(20-2)9-13(11)17)18-10-15(19)12-6-4-3-5-7-12/h3-9,15,18-19H,10H2,1-2H3. The Morgan fingerprint density at radius 1 is 1.25 bits per heavy atom. The van der Waals surface area contributed by atoms with Gasteiger partial charge in [0.15, 0.2) is 0 Å². The molecule has 2 rings (SSSR count). The number of halogens is 1. The number of hydrogen-bond donors (Lipinski definition) is 2. The Hall–Kier alpha value is -1.71. The summed E-state index contributed by atoms with van der Waals surface area (Å²) in [6, 6.07) is 13.2. The summed E-state index contributed by atoms with van der Waals surface area (Å²) in [5.41, 5.74) is 2.67. The van der Waals surface area contributed by atoms with Gasteiger partial charge < -0.3 is 15.2 Å². The Morgan fingerprint density at radius 3 is 2.60 bits per heavy atom. The van der Waals surface area contributed by atoms with Crippen molar-refractivity contribution in [1.29, 1.82) is 0 Å². The zero-order chi connectivity index (χ0) is 14.5. The molecule has 0 aliphatic carbocycles. The number of hydrogen-bond acceptors (Lipinski definition) is 3. The van der Waals surface area contributed by atoms with E-state index in [1.807, 2.05) is 43.3 Å². The molecule has 0 bridgehead atoms. The summed E-state index contributed by atoms with van der Waals surface area (Å²) in [6.07, 6.45) is -0.572. The monoisotopic (exact) mass is 291 g/mol. The largest absolute Gasteiger partial charge is 0.495 e. The van der Waals surface area contributed by atoms with Crippen molar-refractivity contribution >= 4 is 17.3 Å². The highest BCUT2D eigenvalue weighted by Gasteiger charge is 2.10. The van der Waals surface area contributed by atoms with Crippen molar-refractivity contribution in [1.82, 2.24) is 0 Å². The molecule has 0 fully saturated rings. The molecule has 20 heavy (non-hydrogen) atoms. The lowest BCUT2D eigenvalue weighted by Gasteiger charge is -2.16. The molecular weight excluding hydrogens is 274 g/mol. The van der Waals surface area contributed by atoms with Gasteiger partial charge in [-0.15, -0.1) is 0 Å². The van der Waals surface area contributed by atoms with Crippen LogP contribution in [0, 0.1) is 6.92 Å². The molecule has 0 aliphatic heterocycles. The van der Waals surface area contributed by atoms with Crippen LogP contribution in [-0.2, 0) is 0 Å². The van der Waals surface area contributed by atoms with Crippen LogP contribution in [0.25, 0.3) is 0 Å². The molecule has 0 heterocycles. The van der Waals surface area contributed by atoms with Crippen LogP contribution in [0.5, 0.6) is 5.75 Å². The Labute approximate surface area is 124 Å². The molecule has 0 spiro atoms. The number of benzene rings is 2. The summed E-state index contributed by atoms with van der Waals surface area (Å²) in [5.74, 6) is 0.667. The predicted molar refractivity (Wildman–Crippen MR) is 82.6 cm³/mol. The predicted octanol–water partition coefficient (Wildman–Crippen LogP) is 3.80. The van der Waals surface area contributed by atoms with Crippen molar-refractivity contribution in [2.45, 2.75) is 13.0 Å². The van der Waals surface area contributed by atoms with Crippen molar-refractivity contribution in [2.24, 2.45) is 0 Å². The van der Waals surface area contributed by atoms with Gasteiger partial charge in [0, 0.05) is 17.6 Å². The second-order valence-electron chi connectivity index (χ2n) is 4.61. The molecule has 0 saturated carbocycles. The molecule has 2 aromatic carbocycles. The fourth-order valence-corrected chi connectivity index (χ4v) is 2.12. The Morgan fingerprint density at radius 2 is 1.95 bits per heavy atom. The number of aliphatic hydroxyl groups excluding tert-OH is 1. The van der Waals surface area contributed by atoms with Crippen molar-refractivity contribution in [3.63, 3.8) is 0 Å². The SMILES string of the molecule is COc1cc(Cl)c(C)cc1NCC(O)c1ccccc1. The van der Waals surface area contributed by atoms with Gasteiger partial charge in [-0.05, 0) is 24.1 Å². The molecule has 3 nitrogen and oxygen atoms in total. The van der Waals surface area contributed by atoms with Gasteiger partial charge in [0.25, 0.3) is 0 Å². The number of nitrogens with one attached hydrogen (secondary N) is 1. The van der Waals surface area contributed by atoms with Gasteiger partial charge in [0.1, 0.15) is 5.75 Å². The molecule has 0 aromatic heterocycles. The zero-order valence-electron chi connectivity index (χ0n) is 11.6. The topological polar surface area (TPSA) is 41.5 Å². The third-order valence-corrected chi connectivity index (χ3v) is 3.56. The molecule has 1 atom stereocenters. The molecular formula is C16H18ClNO2. The van der Waals surface area contributed by atoms with E-state index in [1.54, 1.807) is 13.2 Å². The first-order valence-corrected chi connectivity index (χ1v) is 6.80. The van der Waals surface area contributed by atoms with Crippen LogP contribution in [0.1, 0.15) is 17.2 Å². The maximum Gasteiger partial charge on any atom is 0.143 e. The average molecular weight is 292 g/mol. The highest BCUT2D eigenvalue weighted by Crippen LogP contribution is 2.31. The smallest absolute Gasteiger partial charge is 0.143 e. The zero-order valence-corrected chi connectivity index (χ0v) is 12.3. The second-order valence-corrected chi connectivity index (χ2v) is 5.02. The maximum atomic E-state index is 10.1. The molecule has 0 amide bonds. The molecule has 0 radical (unpaired) electrons. The number of anilines is 1. The Bertz CT molecular complexity index is 572. The molecule has 2 aromatic rings. The van der Waals surface area contributed by atoms with E-state index in [0.29, 0.717) is 17.3 Å². The summed E-state index contributed by atoms with van der Waals surface area (Å²) in [6.45, 7) is 2.34. The van der Waals surface area contributed by atoms with Crippen molar-refractivity contribution in [2.75, 3.05) is 19.0 Å². The minimum Gasteiger partial charge on any atom is -0.495 e. The first kappa shape index (κ1) is 14.7. The van der Waals surface area contributed by atoms with E-state index < -0.39 is 6.10 Å². The number of methoxy groups -OCH3 is 1.